The summed E-state index contributed by atoms with van der Waals surface area (Å²) >= 11 is 0. The Hall–Kier alpha value is -3.73. The van der Waals surface area contributed by atoms with Crippen LogP contribution in [0.1, 0.15) is 32.7 Å². The molecule has 0 saturated carbocycles. The molecule has 1 amide bonds. The highest BCUT2D eigenvalue weighted by molar-refractivity contribution is 6.16. The second-order valence-electron chi connectivity index (χ2n) is 5.88. The molecule has 27 heavy (non-hydrogen) atoms. The summed E-state index contributed by atoms with van der Waals surface area (Å²) in [5.74, 6) is -0.429. The van der Waals surface area contributed by atoms with E-state index in [0.29, 0.717) is 16.8 Å². The van der Waals surface area contributed by atoms with Crippen LogP contribution >= 0.6 is 0 Å². The zero-order valence-electron chi connectivity index (χ0n) is 14.5. The summed E-state index contributed by atoms with van der Waals surface area (Å²) in [6.45, 7) is 0. The average molecular weight is 358 g/mol. The van der Waals surface area contributed by atoms with Gasteiger partial charge in [-0.05, 0) is 29.8 Å². The van der Waals surface area contributed by atoms with Crippen molar-refractivity contribution in [3.63, 3.8) is 0 Å². The number of hydrogen-bond acceptors (Lipinski definition) is 4. The quantitative estimate of drug-likeness (QED) is 0.400. The van der Waals surface area contributed by atoms with Crippen LogP contribution < -0.4 is 5.43 Å². The minimum Gasteiger partial charge on any atom is -0.508 e. The minimum atomic E-state index is -0.421. The maximum absolute atomic E-state index is 12.6. The van der Waals surface area contributed by atoms with Gasteiger partial charge in [-0.25, -0.2) is 5.43 Å². The van der Waals surface area contributed by atoms with Crippen LogP contribution in [0, 0.1) is 0 Å². The van der Waals surface area contributed by atoms with E-state index in [1.54, 1.807) is 24.3 Å². The SMILES string of the molecule is O=C(CC(=NNC(=O)c1ccc(O)cc1)c1ccccc1)c1ccccc1. The molecule has 0 unspecified atom stereocenters. The summed E-state index contributed by atoms with van der Waals surface area (Å²) in [7, 11) is 0. The Bertz CT molecular complexity index is 950. The number of hydrazone groups is 1. The number of carbonyl (C=O) groups is 2. The standard InChI is InChI=1S/C22H18N2O3/c25-19-13-11-18(12-14-19)22(27)24-23-20(16-7-3-1-4-8-16)15-21(26)17-9-5-2-6-10-17/h1-14,25H,15H2,(H,24,27). The molecule has 134 valence electrons. The van der Waals surface area contributed by atoms with Crippen LogP contribution in [0.5, 0.6) is 5.75 Å². The van der Waals surface area contributed by atoms with Gasteiger partial charge in [0, 0.05) is 11.1 Å². The number of ketones is 1. The molecule has 0 aliphatic carbocycles. The van der Waals surface area contributed by atoms with E-state index >= 15 is 0 Å². The van der Waals surface area contributed by atoms with Crippen LogP contribution in [0.25, 0.3) is 0 Å². The molecule has 0 atom stereocenters. The summed E-state index contributed by atoms with van der Waals surface area (Å²) in [5.41, 5.74) is 4.66. The Balaban J connectivity index is 1.81. The van der Waals surface area contributed by atoms with E-state index in [1.807, 2.05) is 36.4 Å². The van der Waals surface area contributed by atoms with Crippen LogP contribution in [0.4, 0.5) is 0 Å². The van der Waals surface area contributed by atoms with Gasteiger partial charge in [-0.3, -0.25) is 9.59 Å². The second kappa shape index (κ2) is 8.58. The average Bonchev–Trinajstić information content (AvgIpc) is 2.72. The maximum atomic E-state index is 12.6. The number of phenols is 1. The van der Waals surface area contributed by atoms with Crippen molar-refractivity contribution in [1.29, 1.82) is 0 Å². The van der Waals surface area contributed by atoms with E-state index < -0.39 is 5.91 Å². The maximum Gasteiger partial charge on any atom is 0.271 e. The highest BCUT2D eigenvalue weighted by Crippen LogP contribution is 2.11. The fourth-order valence-electron chi connectivity index (χ4n) is 2.51. The third-order valence-electron chi connectivity index (χ3n) is 3.95. The molecular weight excluding hydrogens is 340 g/mol. The van der Waals surface area contributed by atoms with E-state index in [1.165, 1.54) is 24.3 Å². The number of nitrogens with zero attached hydrogens (tertiary/aromatic N) is 1. The van der Waals surface area contributed by atoms with Crippen molar-refractivity contribution in [1.82, 2.24) is 5.43 Å². The summed E-state index contributed by atoms with van der Waals surface area (Å²) in [5, 5.41) is 13.5. The van der Waals surface area contributed by atoms with E-state index in [0.717, 1.165) is 5.56 Å². The monoisotopic (exact) mass is 358 g/mol. The zero-order valence-corrected chi connectivity index (χ0v) is 14.5. The third kappa shape index (κ3) is 4.89. The fourth-order valence-corrected chi connectivity index (χ4v) is 2.51. The molecular formula is C22H18N2O3. The first kappa shape index (κ1) is 18.1. The first-order valence-electron chi connectivity index (χ1n) is 8.43. The van der Waals surface area contributed by atoms with Gasteiger partial charge in [0.25, 0.3) is 5.91 Å². The third-order valence-corrected chi connectivity index (χ3v) is 3.95. The van der Waals surface area contributed by atoms with Gasteiger partial charge in [0.15, 0.2) is 5.78 Å². The molecule has 0 aromatic heterocycles. The number of carbonyl (C=O) groups excluding carboxylic acids is 2. The molecule has 3 aromatic rings. The number of nitrogens with one attached hydrogen (secondary N) is 1. The Morgan fingerprint density at radius 3 is 1.89 bits per heavy atom. The van der Waals surface area contributed by atoms with Crippen LogP contribution in [0.15, 0.2) is 90.0 Å². The lowest BCUT2D eigenvalue weighted by Gasteiger charge is -2.08. The second-order valence-corrected chi connectivity index (χ2v) is 5.88. The lowest BCUT2D eigenvalue weighted by molar-refractivity contribution is 0.0951. The molecule has 3 rings (SSSR count). The number of rotatable bonds is 6. The van der Waals surface area contributed by atoms with Crippen LogP contribution in [-0.4, -0.2) is 22.5 Å². The predicted molar refractivity (Wildman–Crippen MR) is 104 cm³/mol. The zero-order chi connectivity index (χ0) is 19.1. The molecule has 5 nitrogen and oxygen atoms in total. The highest BCUT2D eigenvalue weighted by Gasteiger charge is 2.13. The Kier molecular flexibility index (Phi) is 5.74. The van der Waals surface area contributed by atoms with Crippen molar-refractivity contribution < 1.29 is 14.7 Å². The lowest BCUT2D eigenvalue weighted by atomic mass is 10.0. The molecule has 0 aliphatic rings. The summed E-state index contributed by atoms with van der Waals surface area (Å²) in [6.07, 6.45) is 0.0594. The van der Waals surface area contributed by atoms with Gasteiger partial charge in [0.2, 0.25) is 0 Å². The van der Waals surface area contributed by atoms with E-state index in [4.69, 9.17) is 0 Å². The molecule has 0 radical (unpaired) electrons. The number of aromatic hydroxyl groups is 1. The van der Waals surface area contributed by atoms with Gasteiger partial charge in [0.1, 0.15) is 5.75 Å². The molecule has 0 spiro atoms. The largest absolute Gasteiger partial charge is 0.508 e. The minimum absolute atomic E-state index is 0.0594. The fraction of sp³-hybridized carbons (Fsp3) is 0.0455. The van der Waals surface area contributed by atoms with Crippen LogP contribution in [0.2, 0.25) is 0 Å². The van der Waals surface area contributed by atoms with Gasteiger partial charge in [-0.2, -0.15) is 5.10 Å². The first-order valence-corrected chi connectivity index (χ1v) is 8.43. The van der Waals surface area contributed by atoms with Crippen molar-refractivity contribution >= 4 is 17.4 Å². The summed E-state index contributed by atoms with van der Waals surface area (Å²) in [6, 6.07) is 24.0. The summed E-state index contributed by atoms with van der Waals surface area (Å²) in [4.78, 5) is 24.8. The number of phenolic OH excluding ortho intramolecular Hbond substituents is 1. The number of benzene rings is 3. The Morgan fingerprint density at radius 1 is 0.741 bits per heavy atom. The molecule has 0 saturated heterocycles. The van der Waals surface area contributed by atoms with Gasteiger partial charge < -0.3 is 5.11 Å². The number of hydrogen-bond donors (Lipinski definition) is 2. The molecule has 0 bridgehead atoms. The lowest BCUT2D eigenvalue weighted by Crippen LogP contribution is -2.21. The molecule has 5 heteroatoms. The molecule has 2 N–H and O–H groups in total. The number of amides is 1. The molecule has 0 aliphatic heterocycles. The summed E-state index contributed by atoms with van der Waals surface area (Å²) < 4.78 is 0. The van der Waals surface area contributed by atoms with E-state index in [-0.39, 0.29) is 18.0 Å². The van der Waals surface area contributed by atoms with Gasteiger partial charge in [-0.1, -0.05) is 60.7 Å². The smallest absolute Gasteiger partial charge is 0.271 e. The van der Waals surface area contributed by atoms with Crippen molar-refractivity contribution in [2.75, 3.05) is 0 Å². The predicted octanol–water partition coefficient (Wildman–Crippen LogP) is 3.80. The first-order chi connectivity index (χ1) is 13.1. The molecule has 0 heterocycles. The van der Waals surface area contributed by atoms with Crippen LogP contribution in [-0.2, 0) is 0 Å². The van der Waals surface area contributed by atoms with Gasteiger partial charge in [-0.15, -0.1) is 0 Å². The van der Waals surface area contributed by atoms with Crippen molar-refractivity contribution in [2.24, 2.45) is 5.10 Å². The highest BCUT2D eigenvalue weighted by atomic mass is 16.3. The Labute approximate surface area is 157 Å². The molecule has 0 fully saturated rings. The van der Waals surface area contributed by atoms with Crippen molar-refractivity contribution in [3.05, 3.63) is 102 Å². The van der Waals surface area contributed by atoms with Gasteiger partial charge in [0.05, 0.1) is 12.1 Å². The van der Waals surface area contributed by atoms with Gasteiger partial charge >= 0.3 is 0 Å². The topological polar surface area (TPSA) is 78.8 Å². The van der Waals surface area contributed by atoms with Crippen LogP contribution in [0.3, 0.4) is 0 Å². The van der Waals surface area contributed by atoms with Crippen molar-refractivity contribution in [3.8, 4) is 5.75 Å². The normalized spacial score (nSPS) is 11.0. The Morgan fingerprint density at radius 2 is 1.30 bits per heavy atom. The molecule has 3 aromatic carbocycles. The van der Waals surface area contributed by atoms with Crippen molar-refractivity contribution in [2.45, 2.75) is 6.42 Å². The van der Waals surface area contributed by atoms with E-state index in [9.17, 15) is 14.7 Å². The van der Waals surface area contributed by atoms with E-state index in [2.05, 4.69) is 10.5 Å². The number of Topliss-reactive ketones (excluding diaryl/α,β-unsaturated/α-hetero) is 1.